The number of fused-ring (bicyclic) bond motifs is 1. The van der Waals surface area contributed by atoms with E-state index in [0.29, 0.717) is 55.1 Å². The normalized spacial score (nSPS) is 17.9. The first kappa shape index (κ1) is 20.8. The number of benzene rings is 1. The lowest BCUT2D eigenvalue weighted by Crippen LogP contribution is -2.50. The molecule has 2 fully saturated rings. The largest absolute Gasteiger partial charge is 0.454 e. The van der Waals surface area contributed by atoms with Gasteiger partial charge in [-0.25, -0.2) is 9.78 Å². The summed E-state index contributed by atoms with van der Waals surface area (Å²) < 4.78 is 16.2. The number of piperazine rings is 1. The number of carbonyl (C=O) groups excluding carboxylic acids is 1. The predicted molar refractivity (Wildman–Crippen MR) is 124 cm³/mol. The van der Waals surface area contributed by atoms with Crippen LogP contribution in [0.5, 0.6) is 11.5 Å². The first-order valence-electron chi connectivity index (χ1n) is 11.7. The lowest BCUT2D eigenvalue weighted by Gasteiger charge is -2.35. The Bertz CT molecular complexity index is 1170. The first-order chi connectivity index (χ1) is 16.7. The maximum Gasteiger partial charge on any atom is 0.321 e. The van der Waals surface area contributed by atoms with Crippen LogP contribution in [0, 0.1) is 0 Å². The van der Waals surface area contributed by atoms with Crippen LogP contribution < -0.4 is 19.7 Å². The zero-order valence-corrected chi connectivity index (χ0v) is 18.8. The van der Waals surface area contributed by atoms with Gasteiger partial charge in [0.05, 0.1) is 0 Å². The van der Waals surface area contributed by atoms with Gasteiger partial charge in [0.25, 0.3) is 0 Å². The number of rotatable bonds is 4. The number of urea groups is 1. The molecule has 2 aromatic heterocycles. The molecule has 3 aliphatic rings. The van der Waals surface area contributed by atoms with Crippen LogP contribution in [0.2, 0.25) is 0 Å². The van der Waals surface area contributed by atoms with Gasteiger partial charge in [-0.15, -0.1) is 0 Å². The van der Waals surface area contributed by atoms with Gasteiger partial charge in [0.15, 0.2) is 11.5 Å². The number of amides is 2. The number of pyridine rings is 1. The summed E-state index contributed by atoms with van der Waals surface area (Å²) in [6, 6.07) is 9.22. The standard InChI is InChI=1S/C24H26N6O4/c31-24(26-18-6-7-19-20(13-18)33-15-32-19)30-11-9-29(10-12-30)21-8-5-17(14-25-21)22-27-23(34-28-22)16-3-1-2-4-16/h5-8,13-14,16H,1-4,9-12,15H2,(H,26,31). The maximum atomic E-state index is 12.7. The summed E-state index contributed by atoms with van der Waals surface area (Å²) in [5.74, 6) is 3.94. The number of ether oxygens (including phenoxy) is 2. The lowest BCUT2D eigenvalue weighted by atomic mass is 10.1. The molecule has 0 radical (unpaired) electrons. The Labute approximate surface area is 196 Å². The van der Waals surface area contributed by atoms with Gasteiger partial charge in [-0.2, -0.15) is 4.98 Å². The van der Waals surface area contributed by atoms with E-state index in [4.69, 9.17) is 14.0 Å². The van der Waals surface area contributed by atoms with Crippen molar-refractivity contribution in [2.45, 2.75) is 31.6 Å². The minimum absolute atomic E-state index is 0.128. The third-order valence-corrected chi connectivity index (χ3v) is 6.67. The summed E-state index contributed by atoms with van der Waals surface area (Å²) in [7, 11) is 0. The Morgan fingerprint density at radius 2 is 1.82 bits per heavy atom. The molecular formula is C24H26N6O4. The van der Waals surface area contributed by atoms with E-state index in [1.807, 2.05) is 18.2 Å². The molecule has 0 spiro atoms. The molecule has 1 saturated heterocycles. The van der Waals surface area contributed by atoms with E-state index >= 15 is 0 Å². The zero-order chi connectivity index (χ0) is 22.9. The van der Waals surface area contributed by atoms with Crippen LogP contribution in [0.3, 0.4) is 0 Å². The second-order valence-corrected chi connectivity index (χ2v) is 8.81. The van der Waals surface area contributed by atoms with Gasteiger partial charge in [-0.1, -0.05) is 18.0 Å². The highest BCUT2D eigenvalue weighted by Gasteiger charge is 2.25. The number of carbonyl (C=O) groups is 1. The predicted octanol–water partition coefficient (Wildman–Crippen LogP) is 3.87. The molecule has 1 saturated carbocycles. The van der Waals surface area contributed by atoms with Gasteiger partial charge in [0.1, 0.15) is 5.82 Å². The highest BCUT2D eigenvalue weighted by molar-refractivity contribution is 5.90. The molecule has 6 rings (SSSR count). The van der Waals surface area contributed by atoms with Crippen molar-refractivity contribution >= 4 is 17.5 Å². The summed E-state index contributed by atoms with van der Waals surface area (Å²) in [5, 5.41) is 7.09. The quantitative estimate of drug-likeness (QED) is 0.623. The molecule has 2 amide bonds. The Hall–Kier alpha value is -3.82. The van der Waals surface area contributed by atoms with Crippen LogP contribution in [0.1, 0.15) is 37.5 Å². The van der Waals surface area contributed by atoms with E-state index in [2.05, 4.69) is 25.3 Å². The van der Waals surface area contributed by atoms with Crippen LogP contribution in [-0.2, 0) is 0 Å². The van der Waals surface area contributed by atoms with Gasteiger partial charge in [-0.3, -0.25) is 0 Å². The monoisotopic (exact) mass is 462 g/mol. The van der Waals surface area contributed by atoms with Crippen LogP contribution >= 0.6 is 0 Å². The van der Waals surface area contributed by atoms with E-state index in [-0.39, 0.29) is 12.8 Å². The van der Waals surface area contributed by atoms with Crippen molar-refractivity contribution in [3.63, 3.8) is 0 Å². The molecule has 10 nitrogen and oxygen atoms in total. The smallest absolute Gasteiger partial charge is 0.321 e. The Kier molecular flexibility index (Phi) is 5.40. The SMILES string of the molecule is O=C(Nc1ccc2c(c1)OCO2)N1CCN(c2ccc(-c3noc(C4CCCC4)n3)cn2)CC1. The molecule has 4 heterocycles. The van der Waals surface area contributed by atoms with E-state index in [0.717, 1.165) is 30.1 Å². The van der Waals surface area contributed by atoms with Gasteiger partial charge in [-0.05, 0) is 37.1 Å². The minimum atomic E-state index is -0.128. The van der Waals surface area contributed by atoms with Gasteiger partial charge in [0, 0.05) is 55.6 Å². The molecule has 0 atom stereocenters. The fourth-order valence-electron chi connectivity index (χ4n) is 4.71. The number of aromatic nitrogens is 3. The van der Waals surface area contributed by atoms with E-state index in [9.17, 15) is 4.79 Å². The summed E-state index contributed by atoms with van der Waals surface area (Å²) in [6.45, 7) is 2.83. The number of hydrogen-bond donors (Lipinski definition) is 1. The molecule has 1 N–H and O–H groups in total. The first-order valence-corrected chi connectivity index (χ1v) is 11.7. The van der Waals surface area contributed by atoms with Crippen molar-refractivity contribution in [1.82, 2.24) is 20.0 Å². The molecule has 10 heteroatoms. The third-order valence-electron chi connectivity index (χ3n) is 6.67. The minimum Gasteiger partial charge on any atom is -0.454 e. The summed E-state index contributed by atoms with van der Waals surface area (Å²) >= 11 is 0. The molecule has 1 aromatic carbocycles. The molecule has 0 unspecified atom stereocenters. The van der Waals surface area contributed by atoms with Crippen molar-refractivity contribution in [2.24, 2.45) is 0 Å². The number of anilines is 2. The fourth-order valence-corrected chi connectivity index (χ4v) is 4.71. The van der Waals surface area contributed by atoms with Gasteiger partial charge < -0.3 is 29.1 Å². The molecular weight excluding hydrogens is 436 g/mol. The second-order valence-electron chi connectivity index (χ2n) is 8.81. The Morgan fingerprint density at radius 1 is 1.00 bits per heavy atom. The third kappa shape index (κ3) is 4.11. The van der Waals surface area contributed by atoms with Crippen molar-refractivity contribution in [1.29, 1.82) is 0 Å². The van der Waals surface area contributed by atoms with Gasteiger partial charge in [0.2, 0.25) is 18.5 Å². The lowest BCUT2D eigenvalue weighted by molar-refractivity contribution is 0.174. The molecule has 1 aliphatic carbocycles. The van der Waals surface area contributed by atoms with E-state index < -0.39 is 0 Å². The summed E-state index contributed by atoms with van der Waals surface area (Å²) in [6.07, 6.45) is 6.49. The van der Waals surface area contributed by atoms with Crippen LogP contribution in [0.15, 0.2) is 41.1 Å². The van der Waals surface area contributed by atoms with E-state index in [1.54, 1.807) is 23.2 Å². The number of nitrogens with one attached hydrogen (secondary N) is 1. The van der Waals surface area contributed by atoms with Crippen molar-refractivity contribution in [2.75, 3.05) is 43.2 Å². The average Bonchev–Trinajstić information content (AvgIpc) is 3.65. The van der Waals surface area contributed by atoms with Gasteiger partial charge >= 0.3 is 6.03 Å². The number of hydrogen-bond acceptors (Lipinski definition) is 8. The highest BCUT2D eigenvalue weighted by Crippen LogP contribution is 2.35. The molecule has 176 valence electrons. The fraction of sp³-hybridized carbons (Fsp3) is 0.417. The van der Waals surface area contributed by atoms with Crippen molar-refractivity contribution < 1.29 is 18.8 Å². The molecule has 2 aliphatic heterocycles. The molecule has 3 aromatic rings. The Balaban J connectivity index is 1.04. The van der Waals surface area contributed by atoms with E-state index in [1.165, 1.54) is 12.8 Å². The van der Waals surface area contributed by atoms with Crippen LogP contribution in [0.4, 0.5) is 16.3 Å². The van der Waals surface area contributed by atoms with Crippen molar-refractivity contribution in [3.8, 4) is 22.9 Å². The van der Waals surface area contributed by atoms with Crippen LogP contribution in [0.25, 0.3) is 11.4 Å². The number of nitrogens with zero attached hydrogens (tertiary/aromatic N) is 5. The second kappa shape index (κ2) is 8.85. The molecule has 34 heavy (non-hydrogen) atoms. The molecule has 0 bridgehead atoms. The van der Waals surface area contributed by atoms with Crippen LogP contribution in [-0.4, -0.2) is 59.0 Å². The average molecular weight is 463 g/mol. The summed E-state index contributed by atoms with van der Waals surface area (Å²) in [5.41, 5.74) is 1.53. The van der Waals surface area contributed by atoms with Crippen molar-refractivity contribution in [3.05, 3.63) is 42.4 Å². The zero-order valence-electron chi connectivity index (χ0n) is 18.8. The Morgan fingerprint density at radius 3 is 2.62 bits per heavy atom. The topological polar surface area (TPSA) is 106 Å². The highest BCUT2D eigenvalue weighted by atomic mass is 16.7. The maximum absolute atomic E-state index is 12.7. The summed E-state index contributed by atoms with van der Waals surface area (Å²) in [4.78, 5) is 25.9.